The number of esters is 1. The van der Waals surface area contributed by atoms with Gasteiger partial charge < -0.3 is 14.8 Å². The fourth-order valence-corrected chi connectivity index (χ4v) is 3.06. The largest absolute Gasteiger partial charge is 0.469 e. The van der Waals surface area contributed by atoms with Crippen LogP contribution in [-0.4, -0.2) is 38.2 Å². The van der Waals surface area contributed by atoms with Crippen molar-refractivity contribution in [2.75, 3.05) is 20.3 Å². The minimum atomic E-state index is -0.252. The molecule has 1 N–H and O–H groups in total. The summed E-state index contributed by atoms with van der Waals surface area (Å²) in [6.07, 6.45) is 5.65. The summed E-state index contributed by atoms with van der Waals surface area (Å²) in [6, 6.07) is 0.307. The van der Waals surface area contributed by atoms with Crippen molar-refractivity contribution in [2.24, 2.45) is 5.41 Å². The second-order valence-electron chi connectivity index (χ2n) is 5.56. The highest BCUT2D eigenvalue weighted by Crippen LogP contribution is 2.48. The molecule has 0 radical (unpaired) electrons. The number of hydrogen-bond donors (Lipinski definition) is 1. The maximum Gasteiger partial charge on any atom is 0.305 e. The summed E-state index contributed by atoms with van der Waals surface area (Å²) < 4.78 is 9.94. The first-order chi connectivity index (χ1) is 9.16. The highest BCUT2D eigenvalue weighted by molar-refractivity contribution is 5.77. The molecular formula is C14H23NO4. The van der Waals surface area contributed by atoms with Crippen molar-refractivity contribution in [2.45, 2.75) is 51.0 Å². The summed E-state index contributed by atoms with van der Waals surface area (Å²) in [7, 11) is 1.37. The van der Waals surface area contributed by atoms with Crippen LogP contribution in [0, 0.1) is 5.41 Å². The van der Waals surface area contributed by atoms with Crippen molar-refractivity contribution < 1.29 is 19.1 Å². The molecule has 1 saturated heterocycles. The van der Waals surface area contributed by atoms with Crippen molar-refractivity contribution in [3.8, 4) is 0 Å². The Bertz CT molecular complexity index is 336. The molecule has 1 aliphatic heterocycles. The summed E-state index contributed by atoms with van der Waals surface area (Å²) in [5, 5.41) is 3.12. The van der Waals surface area contributed by atoms with Crippen LogP contribution in [0.2, 0.25) is 0 Å². The van der Waals surface area contributed by atoms with Crippen molar-refractivity contribution in [3.05, 3.63) is 0 Å². The van der Waals surface area contributed by atoms with Crippen LogP contribution in [0.25, 0.3) is 0 Å². The number of nitrogens with one attached hydrogen (secondary N) is 1. The Kier molecular flexibility index (Phi) is 4.80. The lowest BCUT2D eigenvalue weighted by Gasteiger charge is -2.52. The first-order valence-corrected chi connectivity index (χ1v) is 7.10. The fraction of sp³-hybridized carbons (Fsp3) is 0.857. The molecular weight excluding hydrogens is 246 g/mol. The molecule has 0 aromatic heterocycles. The minimum Gasteiger partial charge on any atom is -0.469 e. The lowest BCUT2D eigenvalue weighted by molar-refractivity contribution is -0.140. The average Bonchev–Trinajstić information content (AvgIpc) is 2.44. The van der Waals surface area contributed by atoms with E-state index in [4.69, 9.17) is 4.74 Å². The molecule has 2 rings (SSSR count). The number of methoxy groups -OCH3 is 1. The van der Waals surface area contributed by atoms with Crippen LogP contribution in [0.15, 0.2) is 0 Å². The molecule has 1 spiro atoms. The Morgan fingerprint density at radius 3 is 2.58 bits per heavy atom. The van der Waals surface area contributed by atoms with Crippen LogP contribution in [0.4, 0.5) is 0 Å². The molecule has 1 unspecified atom stereocenters. The summed E-state index contributed by atoms with van der Waals surface area (Å²) in [4.78, 5) is 22.8. The van der Waals surface area contributed by atoms with Crippen LogP contribution in [0.3, 0.4) is 0 Å². The van der Waals surface area contributed by atoms with E-state index in [2.05, 4.69) is 10.1 Å². The topological polar surface area (TPSA) is 64.6 Å². The number of carbonyl (C=O) groups excluding carboxylic acids is 2. The third-order valence-electron chi connectivity index (χ3n) is 4.51. The van der Waals surface area contributed by atoms with Crippen molar-refractivity contribution >= 4 is 11.9 Å². The quantitative estimate of drug-likeness (QED) is 0.766. The molecule has 108 valence electrons. The zero-order valence-corrected chi connectivity index (χ0v) is 11.6. The summed E-state index contributed by atoms with van der Waals surface area (Å²) in [5.74, 6) is -0.197. The molecule has 1 atom stereocenters. The molecule has 1 saturated carbocycles. The molecule has 1 aliphatic carbocycles. The SMILES string of the molecule is COC(=O)CCCC(=O)NC1CCC12CCOCC2. The third-order valence-corrected chi connectivity index (χ3v) is 4.51. The normalized spacial score (nSPS) is 24.6. The van der Waals surface area contributed by atoms with E-state index in [-0.39, 0.29) is 17.3 Å². The standard InChI is InChI=1S/C14H23NO4/c1-18-13(17)4-2-3-12(16)15-11-5-6-14(11)7-9-19-10-8-14/h11H,2-10H2,1H3,(H,15,16). The fourth-order valence-electron chi connectivity index (χ4n) is 3.06. The molecule has 1 amide bonds. The lowest BCUT2D eigenvalue weighted by atomic mass is 9.60. The van der Waals surface area contributed by atoms with E-state index in [0.717, 1.165) is 32.5 Å². The number of amides is 1. The Morgan fingerprint density at radius 1 is 1.26 bits per heavy atom. The van der Waals surface area contributed by atoms with E-state index in [0.29, 0.717) is 25.3 Å². The van der Waals surface area contributed by atoms with Crippen LogP contribution in [0.1, 0.15) is 44.9 Å². The van der Waals surface area contributed by atoms with Gasteiger partial charge >= 0.3 is 5.97 Å². The van der Waals surface area contributed by atoms with Crippen LogP contribution in [-0.2, 0) is 19.1 Å². The Hall–Kier alpha value is -1.10. The Morgan fingerprint density at radius 2 is 2.00 bits per heavy atom. The number of carbonyl (C=O) groups is 2. The summed E-state index contributed by atoms with van der Waals surface area (Å²) >= 11 is 0. The van der Waals surface area contributed by atoms with E-state index < -0.39 is 0 Å². The van der Waals surface area contributed by atoms with E-state index in [1.54, 1.807) is 0 Å². The zero-order chi connectivity index (χ0) is 13.7. The maximum absolute atomic E-state index is 11.8. The van der Waals surface area contributed by atoms with Gasteiger partial charge in [-0.25, -0.2) is 0 Å². The summed E-state index contributed by atoms with van der Waals surface area (Å²) in [6.45, 7) is 1.63. The zero-order valence-electron chi connectivity index (χ0n) is 11.6. The third kappa shape index (κ3) is 3.47. The van der Waals surface area contributed by atoms with Gasteiger partial charge in [-0.3, -0.25) is 9.59 Å². The molecule has 2 fully saturated rings. The monoisotopic (exact) mass is 269 g/mol. The molecule has 0 aromatic rings. The van der Waals surface area contributed by atoms with Gasteiger partial charge in [0.1, 0.15) is 0 Å². The van der Waals surface area contributed by atoms with Gasteiger partial charge in [-0.2, -0.15) is 0 Å². The van der Waals surface area contributed by atoms with Crippen molar-refractivity contribution in [1.82, 2.24) is 5.32 Å². The predicted octanol–water partition coefficient (Wildman–Crippen LogP) is 1.41. The van der Waals surface area contributed by atoms with E-state index in [1.165, 1.54) is 13.5 Å². The molecule has 5 heteroatoms. The van der Waals surface area contributed by atoms with E-state index in [9.17, 15) is 9.59 Å². The van der Waals surface area contributed by atoms with Crippen LogP contribution < -0.4 is 5.32 Å². The van der Waals surface area contributed by atoms with E-state index in [1.807, 2.05) is 0 Å². The first-order valence-electron chi connectivity index (χ1n) is 7.10. The number of hydrogen-bond acceptors (Lipinski definition) is 4. The second-order valence-corrected chi connectivity index (χ2v) is 5.56. The van der Waals surface area contributed by atoms with E-state index >= 15 is 0 Å². The molecule has 2 aliphatic rings. The van der Waals surface area contributed by atoms with Gasteiger partial charge in [-0.15, -0.1) is 0 Å². The summed E-state index contributed by atoms with van der Waals surface area (Å²) in [5.41, 5.74) is 0.288. The molecule has 5 nitrogen and oxygen atoms in total. The second kappa shape index (κ2) is 6.37. The molecule has 0 bridgehead atoms. The molecule has 0 aromatic carbocycles. The number of ether oxygens (including phenoxy) is 2. The maximum atomic E-state index is 11.8. The van der Waals surface area contributed by atoms with Gasteiger partial charge in [0.2, 0.25) is 5.91 Å². The Balaban J connectivity index is 1.69. The highest BCUT2D eigenvalue weighted by Gasteiger charge is 2.47. The van der Waals surface area contributed by atoms with Gasteiger partial charge in [0.05, 0.1) is 7.11 Å². The Labute approximate surface area is 114 Å². The molecule has 19 heavy (non-hydrogen) atoms. The lowest BCUT2D eigenvalue weighted by Crippen LogP contribution is -2.57. The van der Waals surface area contributed by atoms with Gasteiger partial charge in [0.15, 0.2) is 0 Å². The van der Waals surface area contributed by atoms with Crippen LogP contribution in [0.5, 0.6) is 0 Å². The van der Waals surface area contributed by atoms with Crippen molar-refractivity contribution in [3.63, 3.8) is 0 Å². The predicted molar refractivity (Wildman–Crippen MR) is 69.5 cm³/mol. The number of rotatable bonds is 5. The first kappa shape index (κ1) is 14.3. The molecule has 1 heterocycles. The van der Waals surface area contributed by atoms with Gasteiger partial charge in [0, 0.05) is 32.1 Å². The van der Waals surface area contributed by atoms with Gasteiger partial charge in [-0.05, 0) is 37.5 Å². The van der Waals surface area contributed by atoms with Gasteiger partial charge in [-0.1, -0.05) is 0 Å². The minimum absolute atomic E-state index is 0.0551. The smallest absolute Gasteiger partial charge is 0.305 e. The highest BCUT2D eigenvalue weighted by atomic mass is 16.5. The van der Waals surface area contributed by atoms with Crippen molar-refractivity contribution in [1.29, 1.82) is 0 Å². The van der Waals surface area contributed by atoms with Gasteiger partial charge in [0.25, 0.3) is 0 Å². The van der Waals surface area contributed by atoms with Crippen LogP contribution >= 0.6 is 0 Å². The average molecular weight is 269 g/mol.